The number of halogens is 1. The molecule has 1 aromatic heterocycles. The summed E-state index contributed by atoms with van der Waals surface area (Å²) in [5, 5.41) is 4.14. The van der Waals surface area contributed by atoms with Crippen LogP contribution in [0.2, 0.25) is 5.02 Å². The van der Waals surface area contributed by atoms with Gasteiger partial charge in [-0.1, -0.05) is 30.7 Å². The summed E-state index contributed by atoms with van der Waals surface area (Å²) in [7, 11) is 0. The summed E-state index contributed by atoms with van der Waals surface area (Å²) in [6, 6.07) is 5.97. The van der Waals surface area contributed by atoms with Gasteiger partial charge in [0.2, 0.25) is 0 Å². The van der Waals surface area contributed by atoms with E-state index in [0.717, 1.165) is 30.2 Å². The summed E-state index contributed by atoms with van der Waals surface area (Å²) in [5.41, 5.74) is 2.19. The zero-order valence-corrected chi connectivity index (χ0v) is 10.6. The third-order valence-electron chi connectivity index (χ3n) is 2.58. The molecule has 3 nitrogen and oxygen atoms in total. The van der Waals surface area contributed by atoms with Crippen molar-refractivity contribution in [3.05, 3.63) is 47.5 Å². The van der Waals surface area contributed by atoms with Gasteiger partial charge in [-0.25, -0.2) is 4.98 Å². The molecular formula is C13H16ClN3. The van der Waals surface area contributed by atoms with Crippen molar-refractivity contribution in [2.24, 2.45) is 0 Å². The van der Waals surface area contributed by atoms with Gasteiger partial charge in [0.15, 0.2) is 0 Å². The van der Waals surface area contributed by atoms with E-state index >= 15 is 0 Å². The molecule has 0 aliphatic heterocycles. The van der Waals surface area contributed by atoms with E-state index < -0.39 is 0 Å². The number of para-hydroxylation sites is 1. The highest BCUT2D eigenvalue weighted by Crippen LogP contribution is 2.24. The molecule has 0 radical (unpaired) electrons. The van der Waals surface area contributed by atoms with Gasteiger partial charge < -0.3 is 9.88 Å². The van der Waals surface area contributed by atoms with Crippen molar-refractivity contribution in [1.82, 2.24) is 14.9 Å². The molecule has 0 atom stereocenters. The molecule has 1 N–H and O–H groups in total. The zero-order valence-electron chi connectivity index (χ0n) is 9.86. The van der Waals surface area contributed by atoms with Crippen molar-refractivity contribution in [2.45, 2.75) is 19.9 Å². The molecule has 0 unspecified atom stereocenters. The van der Waals surface area contributed by atoms with Crippen molar-refractivity contribution in [1.29, 1.82) is 0 Å². The second kappa shape index (κ2) is 5.84. The predicted molar refractivity (Wildman–Crippen MR) is 70.6 cm³/mol. The monoisotopic (exact) mass is 249 g/mol. The minimum Gasteiger partial charge on any atom is -0.313 e. The van der Waals surface area contributed by atoms with Crippen LogP contribution in [0.25, 0.3) is 5.69 Å². The van der Waals surface area contributed by atoms with Crippen molar-refractivity contribution in [3.8, 4) is 5.69 Å². The van der Waals surface area contributed by atoms with Gasteiger partial charge in [0, 0.05) is 18.9 Å². The smallest absolute Gasteiger partial charge is 0.0992 e. The Hall–Kier alpha value is -1.32. The Kier molecular flexibility index (Phi) is 4.18. The molecule has 1 heterocycles. The Labute approximate surface area is 106 Å². The summed E-state index contributed by atoms with van der Waals surface area (Å²) in [6.45, 7) is 3.99. The fraction of sp³-hybridized carbons (Fsp3) is 0.308. The molecule has 2 rings (SSSR count). The van der Waals surface area contributed by atoms with Crippen molar-refractivity contribution >= 4 is 11.6 Å². The lowest BCUT2D eigenvalue weighted by atomic mass is 10.1. The van der Waals surface area contributed by atoms with Gasteiger partial charge in [0.1, 0.15) is 0 Å². The zero-order chi connectivity index (χ0) is 12.1. The topological polar surface area (TPSA) is 29.9 Å². The molecule has 0 saturated carbocycles. The lowest BCUT2D eigenvalue weighted by Crippen LogP contribution is -2.15. The van der Waals surface area contributed by atoms with Crippen molar-refractivity contribution < 1.29 is 0 Å². The first-order chi connectivity index (χ1) is 8.33. The summed E-state index contributed by atoms with van der Waals surface area (Å²) in [6.07, 6.45) is 6.56. The SMILES string of the molecule is CCCNCc1cccc(Cl)c1-n1ccnc1. The molecular weight excluding hydrogens is 234 g/mol. The molecule has 0 spiro atoms. The first-order valence-corrected chi connectivity index (χ1v) is 6.17. The molecule has 0 saturated heterocycles. The number of imidazole rings is 1. The van der Waals surface area contributed by atoms with Gasteiger partial charge in [-0.15, -0.1) is 0 Å². The fourth-order valence-electron chi connectivity index (χ4n) is 1.78. The molecule has 0 fully saturated rings. The normalized spacial score (nSPS) is 10.7. The first-order valence-electron chi connectivity index (χ1n) is 5.79. The Morgan fingerprint density at radius 2 is 2.29 bits per heavy atom. The largest absolute Gasteiger partial charge is 0.313 e. The lowest BCUT2D eigenvalue weighted by Gasteiger charge is -2.12. The van der Waals surface area contributed by atoms with E-state index in [1.165, 1.54) is 5.56 Å². The molecule has 4 heteroatoms. The van der Waals surface area contributed by atoms with Gasteiger partial charge in [-0.05, 0) is 24.6 Å². The maximum Gasteiger partial charge on any atom is 0.0992 e. The number of benzene rings is 1. The van der Waals surface area contributed by atoms with E-state index in [4.69, 9.17) is 11.6 Å². The van der Waals surface area contributed by atoms with Gasteiger partial charge >= 0.3 is 0 Å². The number of nitrogens with zero attached hydrogens (tertiary/aromatic N) is 2. The van der Waals surface area contributed by atoms with E-state index in [1.54, 1.807) is 12.5 Å². The minimum absolute atomic E-state index is 0.749. The van der Waals surface area contributed by atoms with Gasteiger partial charge in [0.05, 0.1) is 17.0 Å². The van der Waals surface area contributed by atoms with Crippen LogP contribution < -0.4 is 5.32 Å². The number of aromatic nitrogens is 2. The van der Waals surface area contributed by atoms with E-state index in [0.29, 0.717) is 0 Å². The molecule has 90 valence electrons. The number of nitrogens with one attached hydrogen (secondary N) is 1. The predicted octanol–water partition coefficient (Wildman–Crippen LogP) is 3.03. The van der Waals surface area contributed by atoms with Crippen molar-refractivity contribution in [2.75, 3.05) is 6.54 Å². The molecule has 0 amide bonds. The molecule has 17 heavy (non-hydrogen) atoms. The van der Waals surface area contributed by atoms with E-state index in [-0.39, 0.29) is 0 Å². The van der Waals surface area contributed by atoms with E-state index in [1.807, 2.05) is 22.9 Å². The molecule has 1 aromatic carbocycles. The van der Waals surface area contributed by atoms with Crippen LogP contribution in [0, 0.1) is 0 Å². The molecule has 0 aliphatic rings. The Morgan fingerprint density at radius 1 is 1.41 bits per heavy atom. The van der Waals surface area contributed by atoms with Crippen LogP contribution in [0.5, 0.6) is 0 Å². The van der Waals surface area contributed by atoms with E-state index in [9.17, 15) is 0 Å². The highest BCUT2D eigenvalue weighted by molar-refractivity contribution is 6.32. The third kappa shape index (κ3) is 2.87. The molecule has 0 aliphatic carbocycles. The summed E-state index contributed by atoms with van der Waals surface area (Å²) >= 11 is 6.26. The molecule has 0 bridgehead atoms. The van der Waals surface area contributed by atoms with Crippen LogP contribution in [0.4, 0.5) is 0 Å². The standard InChI is InChI=1S/C13H16ClN3/c1-2-6-15-9-11-4-3-5-12(14)13(11)17-8-7-16-10-17/h3-5,7-8,10,15H,2,6,9H2,1H3. The second-order valence-corrected chi connectivity index (χ2v) is 4.30. The maximum absolute atomic E-state index is 6.26. The highest BCUT2D eigenvalue weighted by atomic mass is 35.5. The van der Waals surface area contributed by atoms with Crippen LogP contribution in [-0.4, -0.2) is 16.1 Å². The Morgan fingerprint density at radius 3 is 3.00 bits per heavy atom. The Balaban J connectivity index is 2.29. The number of hydrogen-bond donors (Lipinski definition) is 1. The minimum atomic E-state index is 0.749. The average Bonchev–Trinajstić information content (AvgIpc) is 2.83. The summed E-state index contributed by atoms with van der Waals surface area (Å²) in [4.78, 5) is 4.06. The second-order valence-electron chi connectivity index (χ2n) is 3.89. The highest BCUT2D eigenvalue weighted by Gasteiger charge is 2.08. The van der Waals surface area contributed by atoms with Gasteiger partial charge in [0.25, 0.3) is 0 Å². The Bertz CT molecular complexity index is 466. The maximum atomic E-state index is 6.26. The summed E-state index contributed by atoms with van der Waals surface area (Å²) < 4.78 is 1.95. The van der Waals surface area contributed by atoms with Gasteiger partial charge in [-0.2, -0.15) is 0 Å². The third-order valence-corrected chi connectivity index (χ3v) is 2.88. The first kappa shape index (κ1) is 12.1. The van der Waals surface area contributed by atoms with Crippen LogP contribution in [0.15, 0.2) is 36.9 Å². The van der Waals surface area contributed by atoms with Crippen LogP contribution >= 0.6 is 11.6 Å². The van der Waals surface area contributed by atoms with E-state index in [2.05, 4.69) is 23.3 Å². The number of hydrogen-bond acceptors (Lipinski definition) is 2. The van der Waals surface area contributed by atoms with Crippen LogP contribution in [0.3, 0.4) is 0 Å². The molecule has 2 aromatic rings. The average molecular weight is 250 g/mol. The quantitative estimate of drug-likeness (QED) is 0.826. The van der Waals surface area contributed by atoms with Crippen LogP contribution in [-0.2, 0) is 6.54 Å². The van der Waals surface area contributed by atoms with Gasteiger partial charge in [-0.3, -0.25) is 0 Å². The fourth-order valence-corrected chi connectivity index (χ4v) is 2.07. The lowest BCUT2D eigenvalue weighted by molar-refractivity contribution is 0.673. The number of rotatable bonds is 5. The summed E-state index contributed by atoms with van der Waals surface area (Å²) in [5.74, 6) is 0. The van der Waals surface area contributed by atoms with Crippen LogP contribution in [0.1, 0.15) is 18.9 Å². The van der Waals surface area contributed by atoms with Crippen molar-refractivity contribution in [3.63, 3.8) is 0 Å².